The normalized spacial score (nSPS) is 21.4. The molecule has 0 unspecified atom stereocenters. The van der Waals surface area contributed by atoms with E-state index in [1.807, 2.05) is 18.2 Å². The van der Waals surface area contributed by atoms with E-state index >= 15 is 0 Å². The molecular weight excluding hydrogens is 286 g/mol. The summed E-state index contributed by atoms with van der Waals surface area (Å²) < 4.78 is 12.1. The summed E-state index contributed by atoms with van der Waals surface area (Å²) in [6.45, 7) is 4.41. The molecule has 3 rings (SSSR count). The molecule has 3 nitrogen and oxygen atoms in total. The van der Waals surface area contributed by atoms with Gasteiger partial charge in [-0.2, -0.15) is 0 Å². The zero-order valence-corrected chi connectivity index (χ0v) is 14.3. The Morgan fingerprint density at radius 1 is 0.870 bits per heavy atom. The van der Waals surface area contributed by atoms with Crippen molar-refractivity contribution in [2.45, 2.75) is 63.6 Å². The second-order valence-electron chi connectivity index (χ2n) is 6.96. The number of nitrogens with zero attached hydrogens (tertiary/aromatic N) is 1. The minimum absolute atomic E-state index is 0.382. The second kappa shape index (κ2) is 9.29. The maximum absolute atomic E-state index is 6.06. The summed E-state index contributed by atoms with van der Waals surface area (Å²) in [4.78, 5) is 2.56. The van der Waals surface area contributed by atoms with Crippen molar-refractivity contribution in [3.05, 3.63) is 30.3 Å². The third kappa shape index (κ3) is 5.82. The van der Waals surface area contributed by atoms with Crippen LogP contribution in [-0.4, -0.2) is 43.3 Å². The van der Waals surface area contributed by atoms with Crippen LogP contribution in [0.1, 0.15) is 51.4 Å². The first-order valence-corrected chi connectivity index (χ1v) is 9.46. The number of benzene rings is 1. The van der Waals surface area contributed by atoms with E-state index in [-0.39, 0.29) is 0 Å². The quantitative estimate of drug-likeness (QED) is 0.701. The number of likely N-dealkylation sites (tertiary alicyclic amines) is 1. The van der Waals surface area contributed by atoms with Crippen molar-refractivity contribution in [1.82, 2.24) is 4.90 Å². The Hall–Kier alpha value is -1.06. The van der Waals surface area contributed by atoms with Crippen molar-refractivity contribution in [1.29, 1.82) is 0 Å². The lowest BCUT2D eigenvalue weighted by Crippen LogP contribution is -2.39. The minimum atomic E-state index is 0.382. The molecule has 0 amide bonds. The fourth-order valence-electron chi connectivity index (χ4n) is 3.71. The summed E-state index contributed by atoms with van der Waals surface area (Å²) in [6, 6.07) is 10.2. The van der Waals surface area contributed by atoms with Crippen molar-refractivity contribution >= 4 is 0 Å². The zero-order valence-electron chi connectivity index (χ0n) is 14.3. The highest BCUT2D eigenvalue weighted by Crippen LogP contribution is 2.21. The molecule has 1 aliphatic carbocycles. The monoisotopic (exact) mass is 317 g/mol. The molecule has 2 fully saturated rings. The molecule has 3 heteroatoms. The lowest BCUT2D eigenvalue weighted by atomic mass is 9.98. The molecule has 1 aliphatic heterocycles. The highest BCUT2D eigenvalue weighted by atomic mass is 16.5. The molecule has 0 atom stereocenters. The van der Waals surface area contributed by atoms with E-state index in [0.717, 1.165) is 38.3 Å². The van der Waals surface area contributed by atoms with Crippen LogP contribution in [0.5, 0.6) is 5.75 Å². The molecular formula is C20H31NO2. The predicted molar refractivity (Wildman–Crippen MR) is 94.0 cm³/mol. The van der Waals surface area contributed by atoms with Gasteiger partial charge >= 0.3 is 0 Å². The van der Waals surface area contributed by atoms with E-state index in [1.54, 1.807) is 0 Å². The SMILES string of the molecule is c1ccc(OC2CCN(CCCOC3CCCCC3)CC2)cc1. The van der Waals surface area contributed by atoms with E-state index in [2.05, 4.69) is 17.0 Å². The highest BCUT2D eigenvalue weighted by molar-refractivity contribution is 5.21. The molecule has 0 radical (unpaired) electrons. The number of para-hydroxylation sites is 1. The Morgan fingerprint density at radius 2 is 1.61 bits per heavy atom. The van der Waals surface area contributed by atoms with Crippen LogP contribution in [0.25, 0.3) is 0 Å². The summed E-state index contributed by atoms with van der Waals surface area (Å²) in [5.74, 6) is 1.01. The molecule has 1 aromatic rings. The van der Waals surface area contributed by atoms with Crippen LogP contribution in [0.2, 0.25) is 0 Å². The first kappa shape index (κ1) is 16.8. The van der Waals surface area contributed by atoms with Gasteiger partial charge in [-0.3, -0.25) is 0 Å². The van der Waals surface area contributed by atoms with Crippen LogP contribution in [0.4, 0.5) is 0 Å². The molecule has 2 aliphatic rings. The first-order chi connectivity index (χ1) is 11.4. The highest BCUT2D eigenvalue weighted by Gasteiger charge is 2.20. The van der Waals surface area contributed by atoms with Crippen LogP contribution in [-0.2, 0) is 4.74 Å². The number of hydrogen-bond donors (Lipinski definition) is 0. The van der Waals surface area contributed by atoms with Gasteiger partial charge in [0.1, 0.15) is 11.9 Å². The van der Waals surface area contributed by atoms with Crippen LogP contribution < -0.4 is 4.74 Å². The average Bonchev–Trinajstić information content (AvgIpc) is 2.62. The Kier molecular flexibility index (Phi) is 6.78. The third-order valence-electron chi connectivity index (χ3n) is 5.10. The summed E-state index contributed by atoms with van der Waals surface area (Å²) >= 11 is 0. The molecule has 0 spiro atoms. The Labute approximate surface area is 141 Å². The number of ether oxygens (including phenoxy) is 2. The fraction of sp³-hybridized carbons (Fsp3) is 0.700. The summed E-state index contributed by atoms with van der Waals surface area (Å²) in [6.07, 6.45) is 11.1. The van der Waals surface area contributed by atoms with Crippen molar-refractivity contribution in [3.63, 3.8) is 0 Å². The second-order valence-corrected chi connectivity index (χ2v) is 6.96. The van der Waals surface area contributed by atoms with Gasteiger partial charge in [0.2, 0.25) is 0 Å². The Morgan fingerprint density at radius 3 is 2.35 bits per heavy atom. The van der Waals surface area contributed by atoms with E-state index in [1.165, 1.54) is 45.1 Å². The maximum Gasteiger partial charge on any atom is 0.119 e. The van der Waals surface area contributed by atoms with Crippen molar-refractivity contribution in [3.8, 4) is 5.75 Å². The minimum Gasteiger partial charge on any atom is -0.490 e. The van der Waals surface area contributed by atoms with Crippen molar-refractivity contribution in [2.75, 3.05) is 26.2 Å². The molecule has 1 aromatic carbocycles. The molecule has 0 N–H and O–H groups in total. The fourth-order valence-corrected chi connectivity index (χ4v) is 3.71. The third-order valence-corrected chi connectivity index (χ3v) is 5.10. The van der Waals surface area contributed by atoms with Gasteiger partial charge in [-0.25, -0.2) is 0 Å². The van der Waals surface area contributed by atoms with Gasteiger partial charge in [0.05, 0.1) is 6.10 Å². The molecule has 0 aromatic heterocycles. The van der Waals surface area contributed by atoms with E-state index < -0.39 is 0 Å². The van der Waals surface area contributed by atoms with Gasteiger partial charge in [-0.05, 0) is 44.2 Å². The summed E-state index contributed by atoms with van der Waals surface area (Å²) in [5, 5.41) is 0. The number of piperidine rings is 1. The van der Waals surface area contributed by atoms with Gasteiger partial charge in [-0.1, -0.05) is 37.5 Å². The van der Waals surface area contributed by atoms with E-state index in [0.29, 0.717) is 12.2 Å². The van der Waals surface area contributed by atoms with E-state index in [9.17, 15) is 0 Å². The lowest BCUT2D eigenvalue weighted by Gasteiger charge is -2.32. The van der Waals surface area contributed by atoms with Crippen LogP contribution in [0.3, 0.4) is 0 Å². The van der Waals surface area contributed by atoms with Gasteiger partial charge in [0.25, 0.3) is 0 Å². The molecule has 1 saturated carbocycles. The van der Waals surface area contributed by atoms with Crippen molar-refractivity contribution < 1.29 is 9.47 Å². The molecule has 128 valence electrons. The van der Waals surface area contributed by atoms with Crippen LogP contribution in [0.15, 0.2) is 30.3 Å². The topological polar surface area (TPSA) is 21.7 Å². The van der Waals surface area contributed by atoms with Gasteiger partial charge in [0.15, 0.2) is 0 Å². The first-order valence-electron chi connectivity index (χ1n) is 9.46. The van der Waals surface area contributed by atoms with Crippen LogP contribution >= 0.6 is 0 Å². The standard InChI is InChI=1S/C20H31NO2/c1-3-8-18(9-4-1)22-17-7-14-21-15-12-20(13-16-21)23-19-10-5-2-6-11-19/h2,5-6,10-11,18,20H,1,3-4,7-9,12-17H2. The maximum atomic E-state index is 6.06. The summed E-state index contributed by atoms with van der Waals surface area (Å²) in [5.41, 5.74) is 0. The molecule has 0 bridgehead atoms. The van der Waals surface area contributed by atoms with Gasteiger partial charge < -0.3 is 14.4 Å². The van der Waals surface area contributed by atoms with Gasteiger partial charge in [0, 0.05) is 26.2 Å². The predicted octanol–water partition coefficient (Wildman–Crippen LogP) is 4.27. The molecule has 23 heavy (non-hydrogen) atoms. The van der Waals surface area contributed by atoms with Crippen LogP contribution in [0, 0.1) is 0 Å². The smallest absolute Gasteiger partial charge is 0.119 e. The number of hydrogen-bond acceptors (Lipinski definition) is 3. The number of rotatable bonds is 7. The van der Waals surface area contributed by atoms with Gasteiger partial charge in [-0.15, -0.1) is 0 Å². The largest absolute Gasteiger partial charge is 0.490 e. The van der Waals surface area contributed by atoms with E-state index in [4.69, 9.17) is 9.47 Å². The lowest BCUT2D eigenvalue weighted by molar-refractivity contribution is 0.0205. The average molecular weight is 317 g/mol. The Bertz CT molecular complexity index is 423. The zero-order chi connectivity index (χ0) is 15.7. The summed E-state index contributed by atoms with van der Waals surface area (Å²) in [7, 11) is 0. The van der Waals surface area contributed by atoms with Crippen molar-refractivity contribution in [2.24, 2.45) is 0 Å². The Balaban J connectivity index is 1.26. The molecule has 1 saturated heterocycles. The molecule has 1 heterocycles.